The van der Waals surface area contributed by atoms with Gasteiger partial charge in [-0.25, -0.2) is 0 Å². The van der Waals surface area contributed by atoms with Crippen molar-refractivity contribution in [2.75, 3.05) is 0 Å². The van der Waals surface area contributed by atoms with E-state index in [1.165, 1.54) is 12.1 Å². The molecular formula is C14H22O3S. The second-order valence-electron chi connectivity index (χ2n) is 5.75. The average Bonchev–Trinajstić information content (AvgIpc) is 2.23. The van der Waals surface area contributed by atoms with Gasteiger partial charge in [0, 0.05) is 0 Å². The Morgan fingerprint density at radius 1 is 1.17 bits per heavy atom. The smallest absolute Gasteiger partial charge is 0.282 e. The Balaban J connectivity index is 3.09. The maximum Gasteiger partial charge on any atom is 0.294 e. The summed E-state index contributed by atoms with van der Waals surface area (Å²) in [5.41, 5.74) is 1.26. The highest BCUT2D eigenvalue weighted by molar-refractivity contribution is 7.85. The Bertz CT molecular complexity index is 481. The molecule has 4 heteroatoms. The maximum absolute atomic E-state index is 11.0. The average molecular weight is 270 g/mol. The summed E-state index contributed by atoms with van der Waals surface area (Å²) in [7, 11) is -4.09. The molecule has 0 aliphatic carbocycles. The maximum atomic E-state index is 11.0. The summed E-state index contributed by atoms with van der Waals surface area (Å²) in [6.45, 7) is 8.70. The van der Waals surface area contributed by atoms with Crippen LogP contribution >= 0.6 is 0 Å². The first-order valence-electron chi connectivity index (χ1n) is 6.23. The van der Waals surface area contributed by atoms with E-state index in [1.54, 1.807) is 12.1 Å². The van der Waals surface area contributed by atoms with Gasteiger partial charge in [0.05, 0.1) is 4.90 Å². The third-order valence-corrected chi connectivity index (χ3v) is 4.07. The first-order valence-corrected chi connectivity index (χ1v) is 7.67. The fourth-order valence-corrected chi connectivity index (χ4v) is 2.74. The van der Waals surface area contributed by atoms with Crippen molar-refractivity contribution in [3.05, 3.63) is 29.8 Å². The van der Waals surface area contributed by atoms with E-state index in [-0.39, 0.29) is 10.3 Å². The van der Waals surface area contributed by atoms with Crippen LogP contribution in [0, 0.1) is 5.41 Å². The van der Waals surface area contributed by atoms with Crippen molar-refractivity contribution in [1.82, 2.24) is 0 Å². The van der Waals surface area contributed by atoms with Crippen LogP contribution in [0.15, 0.2) is 29.2 Å². The van der Waals surface area contributed by atoms with Gasteiger partial charge in [-0.15, -0.1) is 0 Å². The summed E-state index contributed by atoms with van der Waals surface area (Å²) in [5.74, 6) is 0.387. The topological polar surface area (TPSA) is 54.4 Å². The van der Waals surface area contributed by atoms with Crippen LogP contribution in [-0.4, -0.2) is 13.0 Å². The van der Waals surface area contributed by atoms with E-state index in [9.17, 15) is 8.42 Å². The molecule has 1 unspecified atom stereocenters. The molecule has 1 aromatic carbocycles. The fourth-order valence-electron chi connectivity index (χ4n) is 2.26. The molecule has 0 radical (unpaired) electrons. The molecule has 3 nitrogen and oxygen atoms in total. The van der Waals surface area contributed by atoms with Gasteiger partial charge in [0.1, 0.15) is 0 Å². The molecule has 0 saturated carbocycles. The van der Waals surface area contributed by atoms with E-state index in [0.29, 0.717) is 5.92 Å². The van der Waals surface area contributed by atoms with Crippen LogP contribution in [0.1, 0.15) is 52.0 Å². The van der Waals surface area contributed by atoms with Gasteiger partial charge in [-0.2, -0.15) is 8.42 Å². The predicted molar refractivity (Wildman–Crippen MR) is 73.4 cm³/mol. The van der Waals surface area contributed by atoms with Crippen LogP contribution in [0.4, 0.5) is 0 Å². The molecule has 102 valence electrons. The van der Waals surface area contributed by atoms with Crippen molar-refractivity contribution in [3.8, 4) is 0 Å². The van der Waals surface area contributed by atoms with Crippen LogP contribution in [0.3, 0.4) is 0 Å². The van der Waals surface area contributed by atoms with E-state index >= 15 is 0 Å². The van der Waals surface area contributed by atoms with Crippen molar-refractivity contribution in [1.29, 1.82) is 0 Å². The molecule has 1 aromatic rings. The van der Waals surface area contributed by atoms with Crippen LogP contribution in [0.5, 0.6) is 0 Å². The van der Waals surface area contributed by atoms with Gasteiger partial charge in [-0.3, -0.25) is 4.55 Å². The highest BCUT2D eigenvalue weighted by Crippen LogP contribution is 2.38. The monoisotopic (exact) mass is 270 g/mol. The van der Waals surface area contributed by atoms with Gasteiger partial charge >= 0.3 is 0 Å². The molecule has 0 heterocycles. The first kappa shape index (κ1) is 15.2. The van der Waals surface area contributed by atoms with Crippen molar-refractivity contribution in [3.63, 3.8) is 0 Å². The molecule has 1 rings (SSSR count). The van der Waals surface area contributed by atoms with Gasteiger partial charge in [-0.1, -0.05) is 46.2 Å². The van der Waals surface area contributed by atoms with E-state index in [4.69, 9.17) is 4.55 Å². The summed E-state index contributed by atoms with van der Waals surface area (Å²) < 4.78 is 30.9. The molecule has 18 heavy (non-hydrogen) atoms. The lowest BCUT2D eigenvalue weighted by atomic mass is 9.74. The first-order chi connectivity index (χ1) is 8.16. The molecule has 0 aromatic heterocycles. The highest BCUT2D eigenvalue weighted by atomic mass is 32.2. The molecule has 0 saturated heterocycles. The summed E-state index contributed by atoms with van der Waals surface area (Å²) in [6.07, 6.45) is 2.15. The Morgan fingerprint density at radius 3 is 2.00 bits per heavy atom. The summed E-state index contributed by atoms with van der Waals surface area (Å²) in [5, 5.41) is 0. The van der Waals surface area contributed by atoms with Gasteiger partial charge in [-0.05, 0) is 35.4 Å². The fraction of sp³-hybridized carbons (Fsp3) is 0.571. The minimum atomic E-state index is -4.09. The van der Waals surface area contributed by atoms with E-state index < -0.39 is 10.1 Å². The summed E-state index contributed by atoms with van der Waals surface area (Å²) in [4.78, 5) is -0.0459. The van der Waals surface area contributed by atoms with Crippen LogP contribution < -0.4 is 0 Å². The van der Waals surface area contributed by atoms with E-state index in [2.05, 4.69) is 27.7 Å². The van der Waals surface area contributed by atoms with Crippen molar-refractivity contribution < 1.29 is 13.0 Å². The van der Waals surface area contributed by atoms with Gasteiger partial charge in [0.25, 0.3) is 10.1 Å². The summed E-state index contributed by atoms with van der Waals surface area (Å²) >= 11 is 0. The number of rotatable bonds is 4. The largest absolute Gasteiger partial charge is 0.294 e. The van der Waals surface area contributed by atoms with Crippen LogP contribution in [0.25, 0.3) is 0 Å². The van der Waals surface area contributed by atoms with E-state index in [0.717, 1.165) is 18.4 Å². The Labute approximate surface area is 110 Å². The lowest BCUT2D eigenvalue weighted by Crippen LogP contribution is -2.18. The van der Waals surface area contributed by atoms with Crippen molar-refractivity contribution in [2.24, 2.45) is 5.41 Å². The Hall–Kier alpha value is -0.870. The SMILES string of the molecule is CCCC(c1ccc(S(=O)(=O)O)cc1)C(C)(C)C. The standard InChI is InChI=1S/C14H22O3S/c1-5-6-13(14(2,3)4)11-7-9-12(10-8-11)18(15,16)17/h7-10,13H,5-6H2,1-4H3,(H,15,16,17). The molecule has 1 N–H and O–H groups in total. The molecule has 1 atom stereocenters. The number of benzene rings is 1. The minimum absolute atomic E-state index is 0.0459. The lowest BCUT2D eigenvalue weighted by molar-refractivity contribution is 0.303. The van der Waals surface area contributed by atoms with Gasteiger partial charge in [0.2, 0.25) is 0 Å². The molecule has 0 aliphatic rings. The lowest BCUT2D eigenvalue weighted by Gasteiger charge is -2.31. The zero-order valence-electron chi connectivity index (χ0n) is 11.5. The Morgan fingerprint density at radius 2 is 1.67 bits per heavy atom. The molecule has 0 bridgehead atoms. The van der Waals surface area contributed by atoms with Crippen molar-refractivity contribution in [2.45, 2.75) is 51.3 Å². The van der Waals surface area contributed by atoms with Crippen LogP contribution in [0.2, 0.25) is 0 Å². The molecule has 0 aliphatic heterocycles. The number of hydrogen-bond acceptors (Lipinski definition) is 2. The zero-order chi connectivity index (χ0) is 14.0. The summed E-state index contributed by atoms with van der Waals surface area (Å²) in [6, 6.07) is 6.54. The van der Waals surface area contributed by atoms with Gasteiger partial charge < -0.3 is 0 Å². The second kappa shape index (κ2) is 5.41. The van der Waals surface area contributed by atoms with Gasteiger partial charge in [0.15, 0.2) is 0 Å². The third kappa shape index (κ3) is 3.82. The molecule has 0 spiro atoms. The normalized spacial score (nSPS) is 14.5. The van der Waals surface area contributed by atoms with E-state index in [1.807, 2.05) is 0 Å². The quantitative estimate of drug-likeness (QED) is 0.845. The minimum Gasteiger partial charge on any atom is -0.282 e. The molecular weight excluding hydrogens is 248 g/mol. The van der Waals surface area contributed by atoms with Crippen molar-refractivity contribution >= 4 is 10.1 Å². The second-order valence-corrected chi connectivity index (χ2v) is 7.17. The van der Waals surface area contributed by atoms with Crippen LogP contribution in [-0.2, 0) is 10.1 Å². The Kier molecular flexibility index (Phi) is 4.56. The third-order valence-electron chi connectivity index (χ3n) is 3.20. The zero-order valence-corrected chi connectivity index (χ0v) is 12.3. The number of hydrogen-bond donors (Lipinski definition) is 1. The predicted octanol–water partition coefficient (Wildman–Crippen LogP) is 3.86. The molecule has 0 fully saturated rings. The molecule has 0 amide bonds. The highest BCUT2D eigenvalue weighted by Gasteiger charge is 2.25.